The molecule has 8 aromatic carbocycles. The summed E-state index contributed by atoms with van der Waals surface area (Å²) in [5.41, 5.74) is 7.89. The predicted molar refractivity (Wildman–Crippen MR) is 222 cm³/mol. The monoisotopic (exact) mass is 692 g/mol. The summed E-state index contributed by atoms with van der Waals surface area (Å²) in [6, 6.07) is 59.7. The molecule has 53 heavy (non-hydrogen) atoms. The SMILES string of the molecule is c1ccc2cc(-c3nc(-c4ccc5sc6c(-c7nc(-c8ccc9ccccc9c8)c8ccccc8n7)cccc6c5c4)nc4ccccc34)ccc2c1. The van der Waals surface area contributed by atoms with Crippen LogP contribution in [0.3, 0.4) is 0 Å². The van der Waals surface area contributed by atoms with E-state index in [1.165, 1.54) is 37.0 Å². The van der Waals surface area contributed by atoms with Gasteiger partial charge >= 0.3 is 0 Å². The first kappa shape index (κ1) is 29.9. The first-order valence-electron chi connectivity index (χ1n) is 17.7. The average Bonchev–Trinajstić information content (AvgIpc) is 3.61. The van der Waals surface area contributed by atoms with Gasteiger partial charge in [0.15, 0.2) is 11.6 Å². The predicted octanol–water partition coefficient (Wildman–Crippen LogP) is 12.9. The number of fused-ring (bicyclic) bond motifs is 7. The first-order chi connectivity index (χ1) is 26.2. The van der Waals surface area contributed by atoms with Crippen LogP contribution in [0.25, 0.3) is 109 Å². The second kappa shape index (κ2) is 11.9. The smallest absolute Gasteiger partial charge is 0.161 e. The Morgan fingerprint density at radius 3 is 1.53 bits per heavy atom. The fourth-order valence-electron chi connectivity index (χ4n) is 7.63. The molecule has 5 heteroatoms. The third kappa shape index (κ3) is 4.97. The minimum atomic E-state index is 0.710. The third-order valence-electron chi connectivity index (χ3n) is 10.2. The van der Waals surface area contributed by atoms with Gasteiger partial charge in [-0.1, -0.05) is 121 Å². The number of benzene rings is 8. The van der Waals surface area contributed by atoms with Crippen LogP contribution in [0.5, 0.6) is 0 Å². The average molecular weight is 693 g/mol. The lowest BCUT2D eigenvalue weighted by Gasteiger charge is -2.11. The molecule has 0 bridgehead atoms. The molecule has 11 aromatic rings. The maximum absolute atomic E-state index is 5.30. The van der Waals surface area contributed by atoms with Crippen molar-refractivity contribution >= 4 is 74.9 Å². The quantitative estimate of drug-likeness (QED) is 0.184. The van der Waals surface area contributed by atoms with Crippen molar-refractivity contribution < 1.29 is 0 Å². The normalized spacial score (nSPS) is 11.8. The molecule has 0 radical (unpaired) electrons. The highest BCUT2D eigenvalue weighted by atomic mass is 32.1. The van der Waals surface area contributed by atoms with E-state index in [0.29, 0.717) is 5.82 Å². The van der Waals surface area contributed by atoms with Crippen LogP contribution >= 0.6 is 11.3 Å². The highest BCUT2D eigenvalue weighted by molar-refractivity contribution is 7.26. The first-order valence-corrected chi connectivity index (χ1v) is 18.5. The van der Waals surface area contributed by atoms with Gasteiger partial charge in [-0.25, -0.2) is 19.9 Å². The lowest BCUT2D eigenvalue weighted by molar-refractivity contribution is 1.23. The molecule has 0 aliphatic heterocycles. The van der Waals surface area contributed by atoms with Gasteiger partial charge in [-0.3, -0.25) is 0 Å². The van der Waals surface area contributed by atoms with Crippen LogP contribution in [0.2, 0.25) is 0 Å². The van der Waals surface area contributed by atoms with Crippen LogP contribution in [0, 0.1) is 0 Å². The van der Waals surface area contributed by atoms with E-state index in [-0.39, 0.29) is 0 Å². The maximum Gasteiger partial charge on any atom is 0.161 e. The van der Waals surface area contributed by atoms with Crippen molar-refractivity contribution in [3.05, 3.63) is 170 Å². The van der Waals surface area contributed by atoms with Crippen LogP contribution in [-0.4, -0.2) is 19.9 Å². The lowest BCUT2D eigenvalue weighted by atomic mass is 10.0. The number of hydrogen-bond acceptors (Lipinski definition) is 5. The number of nitrogens with zero attached hydrogens (tertiary/aromatic N) is 4. The molecular formula is C48H28N4S. The summed E-state index contributed by atoms with van der Waals surface area (Å²) in [6.45, 7) is 0. The van der Waals surface area contributed by atoms with Crippen LogP contribution in [0.4, 0.5) is 0 Å². The molecule has 0 atom stereocenters. The van der Waals surface area contributed by atoms with Crippen molar-refractivity contribution in [2.75, 3.05) is 0 Å². The highest BCUT2D eigenvalue weighted by Crippen LogP contribution is 2.42. The molecular weight excluding hydrogens is 665 g/mol. The molecule has 0 spiro atoms. The van der Waals surface area contributed by atoms with Gasteiger partial charge in [0, 0.05) is 53.2 Å². The van der Waals surface area contributed by atoms with Gasteiger partial charge in [0.05, 0.1) is 22.4 Å². The number of para-hydroxylation sites is 2. The Morgan fingerprint density at radius 2 is 0.868 bits per heavy atom. The summed E-state index contributed by atoms with van der Waals surface area (Å²) in [7, 11) is 0. The minimum Gasteiger partial charge on any atom is -0.228 e. The Hall–Kier alpha value is -6.82. The number of rotatable bonds is 4. The molecule has 0 aliphatic rings. The van der Waals surface area contributed by atoms with Gasteiger partial charge in [-0.15, -0.1) is 11.3 Å². The Kier molecular flexibility index (Phi) is 6.69. The number of hydrogen-bond donors (Lipinski definition) is 0. The van der Waals surface area contributed by atoms with Crippen LogP contribution in [-0.2, 0) is 0 Å². The molecule has 0 saturated heterocycles. The molecule has 0 N–H and O–H groups in total. The topological polar surface area (TPSA) is 51.6 Å². The molecule has 0 fully saturated rings. The zero-order valence-corrected chi connectivity index (χ0v) is 29.2. The fraction of sp³-hybridized carbons (Fsp3) is 0. The van der Waals surface area contributed by atoms with E-state index in [1.54, 1.807) is 11.3 Å². The van der Waals surface area contributed by atoms with E-state index in [2.05, 4.69) is 158 Å². The molecule has 11 rings (SSSR count). The molecule has 0 unspecified atom stereocenters. The Balaban J connectivity index is 1.07. The van der Waals surface area contributed by atoms with Crippen LogP contribution < -0.4 is 0 Å². The van der Waals surface area contributed by atoms with Crippen molar-refractivity contribution in [3.63, 3.8) is 0 Å². The van der Waals surface area contributed by atoms with E-state index in [9.17, 15) is 0 Å². The molecule has 4 nitrogen and oxygen atoms in total. The maximum atomic E-state index is 5.30. The third-order valence-corrected chi connectivity index (χ3v) is 11.5. The number of aromatic nitrogens is 4. The van der Waals surface area contributed by atoms with E-state index >= 15 is 0 Å². The Morgan fingerprint density at radius 1 is 0.340 bits per heavy atom. The summed E-state index contributed by atoms with van der Waals surface area (Å²) in [5.74, 6) is 1.43. The summed E-state index contributed by atoms with van der Waals surface area (Å²) in [6.07, 6.45) is 0. The summed E-state index contributed by atoms with van der Waals surface area (Å²) in [5, 5.41) is 9.22. The molecule has 246 valence electrons. The lowest BCUT2D eigenvalue weighted by Crippen LogP contribution is -1.95. The molecule has 0 saturated carbocycles. The molecule has 3 aromatic heterocycles. The van der Waals surface area contributed by atoms with Gasteiger partial charge in [0.2, 0.25) is 0 Å². The summed E-state index contributed by atoms with van der Waals surface area (Å²) < 4.78 is 2.36. The summed E-state index contributed by atoms with van der Waals surface area (Å²) in [4.78, 5) is 20.8. The van der Waals surface area contributed by atoms with Crippen molar-refractivity contribution in [3.8, 4) is 45.3 Å². The van der Waals surface area contributed by atoms with Crippen molar-refractivity contribution in [2.24, 2.45) is 0 Å². The van der Waals surface area contributed by atoms with Crippen molar-refractivity contribution in [1.82, 2.24) is 19.9 Å². The summed E-state index contributed by atoms with van der Waals surface area (Å²) >= 11 is 1.78. The van der Waals surface area contributed by atoms with Gasteiger partial charge < -0.3 is 0 Å². The highest BCUT2D eigenvalue weighted by Gasteiger charge is 2.18. The van der Waals surface area contributed by atoms with E-state index in [4.69, 9.17) is 19.9 Å². The Bertz CT molecular complexity index is 3250. The van der Waals surface area contributed by atoms with Crippen molar-refractivity contribution in [2.45, 2.75) is 0 Å². The second-order valence-corrected chi connectivity index (χ2v) is 14.5. The minimum absolute atomic E-state index is 0.710. The van der Waals surface area contributed by atoms with E-state index in [0.717, 1.165) is 66.0 Å². The molecule has 0 aliphatic carbocycles. The van der Waals surface area contributed by atoms with Gasteiger partial charge in [-0.2, -0.15) is 0 Å². The van der Waals surface area contributed by atoms with Gasteiger partial charge in [0.25, 0.3) is 0 Å². The molecule has 0 amide bonds. The van der Waals surface area contributed by atoms with E-state index in [1.807, 2.05) is 12.1 Å². The van der Waals surface area contributed by atoms with Gasteiger partial charge in [-0.05, 0) is 70.1 Å². The van der Waals surface area contributed by atoms with Crippen molar-refractivity contribution in [1.29, 1.82) is 0 Å². The van der Waals surface area contributed by atoms with E-state index < -0.39 is 0 Å². The Labute approximate surface area is 308 Å². The van der Waals surface area contributed by atoms with Crippen LogP contribution in [0.1, 0.15) is 0 Å². The fourth-order valence-corrected chi connectivity index (χ4v) is 8.82. The molecule has 3 heterocycles. The zero-order chi connectivity index (χ0) is 34.9. The number of thiophene rings is 1. The van der Waals surface area contributed by atoms with Gasteiger partial charge in [0.1, 0.15) is 0 Å². The standard InChI is InChI=1S/C48H28N4S/c1-3-12-31-26-33(22-20-29(31)10-1)44-37-14-5-7-18-41(37)49-47(51-44)35-24-25-43-40(28-35)36-16-9-17-39(46(36)53-43)48-50-42-19-8-6-15-38(42)45(52-48)34-23-21-30-11-2-4-13-32(30)27-34/h1-28H. The second-order valence-electron chi connectivity index (χ2n) is 13.4. The zero-order valence-electron chi connectivity index (χ0n) is 28.4. The van der Waals surface area contributed by atoms with Crippen LogP contribution in [0.15, 0.2) is 170 Å². The largest absolute Gasteiger partial charge is 0.228 e.